The highest BCUT2D eigenvalue weighted by Crippen LogP contribution is 2.36. The molecule has 0 spiro atoms. The van der Waals surface area contributed by atoms with E-state index in [2.05, 4.69) is 97.2 Å². The minimum Gasteiger partial charge on any atom is -0.493 e. The van der Waals surface area contributed by atoms with E-state index < -0.39 is 0 Å². The fourth-order valence-electron chi connectivity index (χ4n) is 4.74. The average molecular weight is 426 g/mol. The van der Waals surface area contributed by atoms with Crippen LogP contribution in [-0.4, -0.2) is 19.7 Å². The molecule has 3 aromatic carbocycles. The lowest BCUT2D eigenvalue weighted by Crippen LogP contribution is -2.28. The molecule has 0 radical (unpaired) electrons. The summed E-state index contributed by atoms with van der Waals surface area (Å²) < 4.78 is 6.40. The van der Waals surface area contributed by atoms with Crippen LogP contribution in [0.25, 0.3) is 11.1 Å². The van der Waals surface area contributed by atoms with E-state index in [-0.39, 0.29) is 0 Å². The number of rotatable bonds is 9. The van der Waals surface area contributed by atoms with Crippen LogP contribution in [0.5, 0.6) is 5.75 Å². The largest absolute Gasteiger partial charge is 0.493 e. The first-order chi connectivity index (χ1) is 15.8. The number of nitrogens with one attached hydrogen (secondary N) is 1. The molecule has 166 valence electrons. The smallest absolute Gasteiger partial charge is 0.126 e. The normalized spacial score (nSPS) is 15.3. The van der Waals surface area contributed by atoms with Crippen LogP contribution in [0.4, 0.5) is 0 Å². The van der Waals surface area contributed by atoms with Crippen LogP contribution in [0, 0.1) is 5.92 Å². The Morgan fingerprint density at radius 1 is 0.812 bits per heavy atom. The molecular formula is C30H35NO. The van der Waals surface area contributed by atoms with E-state index in [4.69, 9.17) is 4.74 Å². The predicted octanol–water partition coefficient (Wildman–Crippen LogP) is 7.02. The van der Waals surface area contributed by atoms with E-state index in [0.717, 1.165) is 50.6 Å². The van der Waals surface area contributed by atoms with Gasteiger partial charge in [-0.25, -0.2) is 0 Å². The van der Waals surface area contributed by atoms with Gasteiger partial charge in [-0.1, -0.05) is 85.8 Å². The summed E-state index contributed by atoms with van der Waals surface area (Å²) in [6.45, 7) is 5.33. The Kier molecular flexibility index (Phi) is 8.17. The predicted molar refractivity (Wildman–Crippen MR) is 136 cm³/mol. The van der Waals surface area contributed by atoms with Gasteiger partial charge in [0, 0.05) is 5.56 Å². The lowest BCUT2D eigenvalue weighted by Gasteiger charge is -2.23. The maximum Gasteiger partial charge on any atom is 0.126 e. The van der Waals surface area contributed by atoms with Gasteiger partial charge in [0.05, 0.1) is 6.61 Å². The topological polar surface area (TPSA) is 21.3 Å². The van der Waals surface area contributed by atoms with E-state index in [1.807, 2.05) is 0 Å². The molecular weight excluding hydrogens is 390 g/mol. The molecule has 0 bridgehead atoms. The summed E-state index contributed by atoms with van der Waals surface area (Å²) in [6.07, 6.45) is 5.54. The van der Waals surface area contributed by atoms with Gasteiger partial charge in [0.1, 0.15) is 5.75 Å². The summed E-state index contributed by atoms with van der Waals surface area (Å²) in [5, 5.41) is 3.46. The molecule has 0 aromatic heterocycles. The summed E-state index contributed by atoms with van der Waals surface area (Å²) in [4.78, 5) is 0. The zero-order valence-corrected chi connectivity index (χ0v) is 19.2. The molecule has 1 fully saturated rings. The third-order valence-corrected chi connectivity index (χ3v) is 6.52. The second kappa shape index (κ2) is 11.7. The summed E-state index contributed by atoms with van der Waals surface area (Å²) in [6, 6.07) is 30.2. The van der Waals surface area contributed by atoms with Crippen LogP contribution in [0.3, 0.4) is 0 Å². The first kappa shape index (κ1) is 22.4. The number of para-hydroxylation sites is 1. The summed E-state index contributed by atoms with van der Waals surface area (Å²) in [5.74, 6) is 1.79. The number of allylic oxidation sites excluding steroid dienone is 2. The molecule has 32 heavy (non-hydrogen) atoms. The fourth-order valence-corrected chi connectivity index (χ4v) is 4.74. The highest BCUT2D eigenvalue weighted by atomic mass is 16.5. The molecule has 3 aromatic rings. The zero-order chi connectivity index (χ0) is 22.0. The van der Waals surface area contributed by atoms with Gasteiger partial charge in [-0.15, -0.1) is 0 Å². The number of piperidine rings is 1. The zero-order valence-electron chi connectivity index (χ0n) is 19.2. The van der Waals surface area contributed by atoms with Gasteiger partial charge in [0.25, 0.3) is 0 Å². The molecule has 1 aliphatic rings. The maximum absolute atomic E-state index is 6.40. The molecule has 0 saturated carbocycles. The summed E-state index contributed by atoms with van der Waals surface area (Å²) in [5.41, 5.74) is 6.61. The molecule has 0 unspecified atom stereocenters. The van der Waals surface area contributed by atoms with Crippen molar-refractivity contribution < 1.29 is 4.74 Å². The van der Waals surface area contributed by atoms with Crippen molar-refractivity contribution in [2.24, 2.45) is 5.92 Å². The Morgan fingerprint density at radius 2 is 1.47 bits per heavy atom. The van der Waals surface area contributed by atoms with Crippen LogP contribution >= 0.6 is 0 Å². The van der Waals surface area contributed by atoms with Crippen molar-refractivity contribution in [3.8, 4) is 5.75 Å². The molecule has 1 aliphatic heterocycles. The number of hydrogen-bond donors (Lipinski definition) is 1. The van der Waals surface area contributed by atoms with Gasteiger partial charge in [-0.05, 0) is 79.5 Å². The third-order valence-electron chi connectivity index (χ3n) is 6.52. The molecule has 1 N–H and O–H groups in total. The van der Waals surface area contributed by atoms with Crippen molar-refractivity contribution in [2.45, 2.75) is 39.0 Å². The van der Waals surface area contributed by atoms with E-state index >= 15 is 0 Å². The SMILES string of the molecule is CCC(=C(Cc1ccccc1)c1ccccc1)c1ccccc1OCCC1CCNCC1. The van der Waals surface area contributed by atoms with Gasteiger partial charge in [-0.3, -0.25) is 0 Å². The quantitative estimate of drug-likeness (QED) is 0.372. The number of ether oxygens (including phenoxy) is 1. The molecule has 0 aliphatic carbocycles. The minimum atomic E-state index is 0.780. The maximum atomic E-state index is 6.40. The lowest BCUT2D eigenvalue weighted by molar-refractivity contribution is 0.251. The second-order valence-corrected chi connectivity index (χ2v) is 8.67. The van der Waals surface area contributed by atoms with Crippen LogP contribution in [0.2, 0.25) is 0 Å². The molecule has 1 heterocycles. The van der Waals surface area contributed by atoms with Gasteiger partial charge >= 0.3 is 0 Å². The van der Waals surface area contributed by atoms with Crippen molar-refractivity contribution in [3.63, 3.8) is 0 Å². The molecule has 1 saturated heterocycles. The Hall–Kier alpha value is -2.84. The van der Waals surface area contributed by atoms with Crippen molar-refractivity contribution >= 4 is 11.1 Å². The van der Waals surface area contributed by atoms with Crippen LogP contribution in [0.1, 0.15) is 49.3 Å². The van der Waals surface area contributed by atoms with E-state index in [1.165, 1.54) is 40.7 Å². The van der Waals surface area contributed by atoms with Gasteiger partial charge in [0.2, 0.25) is 0 Å². The van der Waals surface area contributed by atoms with Crippen LogP contribution in [0.15, 0.2) is 84.9 Å². The minimum absolute atomic E-state index is 0.780. The lowest BCUT2D eigenvalue weighted by atomic mass is 9.88. The standard InChI is InChI=1S/C30H35NO/c1-2-27(29(26-13-7-4-8-14-26)23-25-11-5-3-6-12-25)28-15-9-10-16-30(28)32-22-19-24-17-20-31-21-18-24/h3-16,24,31H,2,17-23H2,1H3. The van der Waals surface area contributed by atoms with Gasteiger partial charge < -0.3 is 10.1 Å². The second-order valence-electron chi connectivity index (χ2n) is 8.67. The Labute approximate surface area is 193 Å². The van der Waals surface area contributed by atoms with Crippen molar-refractivity contribution in [1.29, 1.82) is 0 Å². The highest BCUT2D eigenvalue weighted by molar-refractivity contribution is 5.93. The molecule has 4 rings (SSSR count). The highest BCUT2D eigenvalue weighted by Gasteiger charge is 2.16. The third kappa shape index (κ3) is 5.89. The Bertz CT molecular complexity index is 988. The first-order valence-electron chi connectivity index (χ1n) is 12.1. The fraction of sp³-hybridized carbons (Fsp3) is 0.333. The number of hydrogen-bond acceptors (Lipinski definition) is 2. The molecule has 2 heteroatoms. The van der Waals surface area contributed by atoms with Gasteiger partial charge in [0.15, 0.2) is 0 Å². The summed E-state index contributed by atoms with van der Waals surface area (Å²) in [7, 11) is 0. The van der Waals surface area contributed by atoms with Crippen molar-refractivity contribution in [1.82, 2.24) is 5.32 Å². The van der Waals surface area contributed by atoms with E-state index in [0.29, 0.717) is 0 Å². The average Bonchev–Trinajstić information content (AvgIpc) is 2.86. The number of benzene rings is 3. The van der Waals surface area contributed by atoms with E-state index in [9.17, 15) is 0 Å². The first-order valence-corrected chi connectivity index (χ1v) is 12.1. The van der Waals surface area contributed by atoms with E-state index in [1.54, 1.807) is 0 Å². The monoisotopic (exact) mass is 425 g/mol. The van der Waals surface area contributed by atoms with Crippen LogP contribution < -0.4 is 10.1 Å². The molecule has 0 amide bonds. The van der Waals surface area contributed by atoms with Crippen molar-refractivity contribution in [3.05, 3.63) is 102 Å². The Morgan fingerprint density at radius 3 is 2.19 bits per heavy atom. The van der Waals surface area contributed by atoms with Crippen molar-refractivity contribution in [2.75, 3.05) is 19.7 Å². The summed E-state index contributed by atoms with van der Waals surface area (Å²) >= 11 is 0. The van der Waals surface area contributed by atoms with Gasteiger partial charge in [-0.2, -0.15) is 0 Å². The van der Waals surface area contributed by atoms with Crippen LogP contribution in [-0.2, 0) is 6.42 Å². The molecule has 2 nitrogen and oxygen atoms in total. The Balaban J connectivity index is 1.64. The molecule has 0 atom stereocenters.